The number of hydrogen-bond acceptors (Lipinski definition) is 5. The number of rotatable bonds is 10. The highest BCUT2D eigenvalue weighted by molar-refractivity contribution is 5.92. The van der Waals surface area contributed by atoms with Crippen LogP contribution in [0.25, 0.3) is 5.65 Å². The first kappa shape index (κ1) is 30.0. The lowest BCUT2D eigenvalue weighted by atomic mass is 9.79. The van der Waals surface area contributed by atoms with Crippen LogP contribution in [-0.4, -0.2) is 48.0 Å². The van der Waals surface area contributed by atoms with Gasteiger partial charge >= 0.3 is 0 Å². The maximum atomic E-state index is 14.0. The van der Waals surface area contributed by atoms with E-state index in [4.69, 9.17) is 4.98 Å². The Balaban J connectivity index is 1.36. The lowest BCUT2D eigenvalue weighted by Gasteiger charge is -2.34. The van der Waals surface area contributed by atoms with E-state index in [0.29, 0.717) is 29.0 Å². The highest BCUT2D eigenvalue weighted by Gasteiger charge is 2.46. The van der Waals surface area contributed by atoms with Crippen LogP contribution < -0.4 is 10.6 Å². The van der Waals surface area contributed by atoms with Crippen LogP contribution in [0.3, 0.4) is 0 Å². The van der Waals surface area contributed by atoms with Crippen LogP contribution in [0, 0.1) is 11.8 Å². The number of halogens is 4. The molecule has 0 aliphatic heterocycles. The van der Waals surface area contributed by atoms with Crippen molar-refractivity contribution in [3.05, 3.63) is 47.7 Å². The maximum absolute atomic E-state index is 14.0. The lowest BCUT2D eigenvalue weighted by molar-refractivity contribution is -0.134. The van der Waals surface area contributed by atoms with Gasteiger partial charge in [-0.15, -0.1) is 0 Å². The van der Waals surface area contributed by atoms with Crippen LogP contribution in [0.4, 0.5) is 17.6 Å². The summed E-state index contributed by atoms with van der Waals surface area (Å²) in [6.45, 7) is 5.72. The Bertz CT molecular complexity index is 1420. The summed E-state index contributed by atoms with van der Waals surface area (Å²) >= 11 is 0. The second kappa shape index (κ2) is 11.6. The zero-order valence-electron chi connectivity index (χ0n) is 24.0. The van der Waals surface area contributed by atoms with Gasteiger partial charge in [-0.25, -0.2) is 27.1 Å². The molecule has 2 atom stereocenters. The molecule has 2 aliphatic carbocycles. The van der Waals surface area contributed by atoms with E-state index >= 15 is 0 Å². The third-order valence-electron chi connectivity index (χ3n) is 8.38. The summed E-state index contributed by atoms with van der Waals surface area (Å²) in [4.78, 5) is 30.7. The maximum Gasteiger partial charge on any atom is 0.270 e. The first-order valence-corrected chi connectivity index (χ1v) is 14.6. The zero-order chi connectivity index (χ0) is 30.2. The highest BCUT2D eigenvalue weighted by Crippen LogP contribution is 2.44. The average molecular weight is 592 g/mol. The van der Waals surface area contributed by atoms with E-state index in [9.17, 15) is 27.2 Å². The summed E-state index contributed by atoms with van der Waals surface area (Å²) in [6.07, 6.45) is 4.84. The summed E-state index contributed by atoms with van der Waals surface area (Å²) in [5.41, 5.74) is 2.05. The second-order valence-corrected chi connectivity index (χ2v) is 12.0. The fourth-order valence-electron chi connectivity index (χ4n) is 6.07. The van der Waals surface area contributed by atoms with Crippen LogP contribution >= 0.6 is 0 Å². The van der Waals surface area contributed by atoms with Crippen LogP contribution in [-0.2, 0) is 4.79 Å². The third kappa shape index (κ3) is 6.59. The molecule has 0 unspecified atom stereocenters. The SMILES string of the molecule is CC[C@H](NC(=O)CC1CC(F)(F)C1)c1cnn2cc([C@@H](NC(=O)c3ccnn3C(C)C)C3CCC(F)(F)CC3)nc2c1. The molecule has 2 amide bonds. The monoisotopic (exact) mass is 591 g/mol. The van der Waals surface area contributed by atoms with E-state index in [1.807, 2.05) is 20.8 Å². The topological polar surface area (TPSA) is 106 Å². The van der Waals surface area contributed by atoms with Gasteiger partial charge in [0.2, 0.25) is 17.8 Å². The first-order valence-electron chi connectivity index (χ1n) is 14.6. The average Bonchev–Trinajstić information content (AvgIpc) is 3.57. The molecule has 9 nitrogen and oxygen atoms in total. The normalized spacial score (nSPS) is 20.3. The minimum Gasteiger partial charge on any atom is -0.349 e. The molecule has 0 spiro atoms. The quantitative estimate of drug-likeness (QED) is 0.290. The van der Waals surface area contributed by atoms with Gasteiger partial charge in [-0.3, -0.25) is 14.3 Å². The highest BCUT2D eigenvalue weighted by atomic mass is 19.3. The minimum absolute atomic E-state index is 0.0484. The number of nitrogens with one attached hydrogen (secondary N) is 2. The molecule has 2 saturated carbocycles. The summed E-state index contributed by atoms with van der Waals surface area (Å²) in [7, 11) is 0. The van der Waals surface area contributed by atoms with Gasteiger partial charge in [-0.2, -0.15) is 10.2 Å². The minimum atomic E-state index is -2.73. The zero-order valence-corrected chi connectivity index (χ0v) is 24.0. The molecule has 0 bridgehead atoms. The molecule has 13 heteroatoms. The predicted octanol–water partition coefficient (Wildman–Crippen LogP) is 5.81. The smallest absolute Gasteiger partial charge is 0.270 e. The van der Waals surface area contributed by atoms with Crippen molar-refractivity contribution in [2.75, 3.05) is 0 Å². The largest absolute Gasteiger partial charge is 0.349 e. The van der Waals surface area contributed by atoms with E-state index in [2.05, 4.69) is 20.8 Å². The summed E-state index contributed by atoms with van der Waals surface area (Å²) < 4.78 is 57.5. The van der Waals surface area contributed by atoms with Gasteiger partial charge < -0.3 is 10.6 Å². The van der Waals surface area contributed by atoms with Crippen molar-refractivity contribution < 1.29 is 27.2 Å². The van der Waals surface area contributed by atoms with Crippen molar-refractivity contribution in [3.63, 3.8) is 0 Å². The molecule has 3 aromatic heterocycles. The van der Waals surface area contributed by atoms with Gasteiger partial charge in [0.25, 0.3) is 5.91 Å². The summed E-state index contributed by atoms with van der Waals surface area (Å²) in [5, 5.41) is 14.7. The fourth-order valence-corrected chi connectivity index (χ4v) is 6.07. The number of fused-ring (bicyclic) bond motifs is 1. The van der Waals surface area contributed by atoms with E-state index in [0.717, 1.165) is 0 Å². The Labute approximate surface area is 241 Å². The third-order valence-corrected chi connectivity index (χ3v) is 8.38. The molecule has 228 valence electrons. The van der Waals surface area contributed by atoms with Crippen molar-refractivity contribution in [3.8, 4) is 0 Å². The Kier molecular flexibility index (Phi) is 8.30. The molecular weight excluding hydrogens is 554 g/mol. The van der Waals surface area contributed by atoms with Crippen molar-refractivity contribution >= 4 is 17.5 Å². The molecule has 0 saturated heterocycles. The van der Waals surface area contributed by atoms with Crippen LogP contribution in [0.2, 0.25) is 0 Å². The van der Waals surface area contributed by atoms with Gasteiger partial charge in [0.05, 0.1) is 30.2 Å². The van der Waals surface area contributed by atoms with Gasteiger partial charge in [0, 0.05) is 44.3 Å². The lowest BCUT2D eigenvalue weighted by Crippen LogP contribution is -2.39. The Morgan fingerprint density at radius 3 is 2.43 bits per heavy atom. The summed E-state index contributed by atoms with van der Waals surface area (Å²) in [5.74, 6) is -6.63. The number of amides is 2. The molecule has 3 heterocycles. The number of imidazole rings is 1. The van der Waals surface area contributed by atoms with Crippen LogP contribution in [0.1, 0.15) is 112 Å². The number of aromatic nitrogens is 5. The summed E-state index contributed by atoms with van der Waals surface area (Å²) in [6, 6.07) is 2.34. The Hall–Kier alpha value is -3.51. The standard InChI is InChI=1S/C29H37F4N7O2/c1-4-21(37-25(41)11-18-13-29(32,33)14-18)20-12-24-36-22(16-39(24)35-15-20)26(19-5-8-28(30,31)9-6-19)38-27(42)23-7-10-34-40(23)17(2)3/h7,10,12,15-19,21,26H,4-6,8-9,11,13-14H2,1-3H3,(H,37,41)(H,38,42)/t21-,26-/m0/s1. The van der Waals surface area contributed by atoms with Crippen LogP contribution in [0.15, 0.2) is 30.7 Å². The number of alkyl halides is 4. The molecule has 2 aliphatic rings. The second-order valence-electron chi connectivity index (χ2n) is 12.0. The van der Waals surface area contributed by atoms with Crippen molar-refractivity contribution in [1.82, 2.24) is 35.0 Å². The number of carbonyl (C=O) groups excluding carboxylic acids is 2. The van der Waals surface area contributed by atoms with E-state index in [1.165, 1.54) is 0 Å². The molecule has 42 heavy (non-hydrogen) atoms. The van der Waals surface area contributed by atoms with Gasteiger partial charge in [-0.1, -0.05) is 6.92 Å². The molecule has 2 fully saturated rings. The van der Waals surface area contributed by atoms with Crippen molar-refractivity contribution in [2.24, 2.45) is 11.8 Å². The predicted molar refractivity (Wildman–Crippen MR) is 146 cm³/mol. The van der Waals surface area contributed by atoms with Crippen molar-refractivity contribution in [2.45, 2.75) is 102 Å². The molecular formula is C29H37F4N7O2. The first-order chi connectivity index (χ1) is 19.8. The van der Waals surface area contributed by atoms with Crippen molar-refractivity contribution in [1.29, 1.82) is 0 Å². The van der Waals surface area contributed by atoms with Crippen LogP contribution in [0.5, 0.6) is 0 Å². The fraction of sp³-hybridized carbons (Fsp3) is 0.621. The van der Waals surface area contributed by atoms with E-state index < -0.39 is 17.9 Å². The van der Waals surface area contributed by atoms with E-state index in [1.54, 1.807) is 39.9 Å². The number of nitrogens with zero attached hydrogens (tertiary/aromatic N) is 5. The van der Waals surface area contributed by atoms with Gasteiger partial charge in [0.1, 0.15) is 5.69 Å². The van der Waals surface area contributed by atoms with E-state index in [-0.39, 0.29) is 80.7 Å². The molecule has 2 N–H and O–H groups in total. The number of hydrogen-bond donors (Lipinski definition) is 2. The van der Waals surface area contributed by atoms with Gasteiger partial charge in [-0.05, 0) is 62.6 Å². The number of carbonyl (C=O) groups is 2. The Morgan fingerprint density at radius 1 is 1.07 bits per heavy atom. The van der Waals surface area contributed by atoms with Gasteiger partial charge in [0.15, 0.2) is 5.65 Å². The molecule has 0 aromatic carbocycles. The molecule has 0 radical (unpaired) electrons. The molecule has 3 aromatic rings. The Morgan fingerprint density at radius 2 is 1.79 bits per heavy atom. The molecule has 5 rings (SSSR count).